The minimum atomic E-state index is -0.554. The van der Waals surface area contributed by atoms with E-state index in [1.54, 1.807) is 25.1 Å². The molecule has 0 bridgehead atoms. The van der Waals surface area contributed by atoms with Crippen LogP contribution in [-0.2, 0) is 6.42 Å². The van der Waals surface area contributed by atoms with Crippen LogP contribution in [0.15, 0.2) is 61.4 Å². The summed E-state index contributed by atoms with van der Waals surface area (Å²) < 4.78 is 14.0. The van der Waals surface area contributed by atoms with Crippen LogP contribution in [0, 0.1) is 10.1 Å². The lowest BCUT2D eigenvalue weighted by molar-refractivity contribution is -0.385. The highest BCUT2D eigenvalue weighted by atomic mass is 79.9. The minimum absolute atomic E-state index is 0.0935. The van der Waals surface area contributed by atoms with Gasteiger partial charge in [-0.05, 0) is 53.5 Å². The van der Waals surface area contributed by atoms with E-state index in [2.05, 4.69) is 46.9 Å². The van der Waals surface area contributed by atoms with Gasteiger partial charge >= 0.3 is 0 Å². The number of halogens is 3. The summed E-state index contributed by atoms with van der Waals surface area (Å²) in [6, 6.07) is 9.62. The number of ether oxygens (including phenoxy) is 2. The number of pyridine rings is 1. The van der Waals surface area contributed by atoms with Gasteiger partial charge in [-0.3, -0.25) is 14.9 Å². The largest absolute Gasteiger partial charge is 0.490 e. The van der Waals surface area contributed by atoms with Gasteiger partial charge in [0.1, 0.15) is 17.0 Å². The zero-order chi connectivity index (χ0) is 27.4. The van der Waals surface area contributed by atoms with E-state index in [0.29, 0.717) is 45.5 Å². The highest BCUT2D eigenvalue weighted by Crippen LogP contribution is 2.44. The second-order valence-corrected chi connectivity index (χ2v) is 9.96. The molecule has 0 radical (unpaired) electrons. The van der Waals surface area contributed by atoms with E-state index >= 15 is 0 Å². The molecule has 0 saturated carbocycles. The van der Waals surface area contributed by atoms with Gasteiger partial charge in [0, 0.05) is 33.1 Å². The van der Waals surface area contributed by atoms with Crippen molar-refractivity contribution >= 4 is 66.3 Å². The van der Waals surface area contributed by atoms with Crippen molar-refractivity contribution in [2.75, 3.05) is 6.61 Å². The topological polar surface area (TPSA) is 122 Å². The first kappa shape index (κ1) is 27.7. The molecule has 0 spiro atoms. The maximum atomic E-state index is 13.3. The van der Waals surface area contributed by atoms with Gasteiger partial charge in [-0.25, -0.2) is 9.97 Å². The molecule has 10 nitrogen and oxygen atoms in total. The fraction of sp³-hybridized carbons (Fsp3) is 0.200. The van der Waals surface area contributed by atoms with Crippen molar-refractivity contribution in [2.45, 2.75) is 26.7 Å². The van der Waals surface area contributed by atoms with Crippen molar-refractivity contribution in [1.82, 2.24) is 14.6 Å². The fourth-order valence-electron chi connectivity index (χ4n) is 3.52. The molecule has 0 unspecified atom stereocenters. The normalized spacial score (nSPS) is 11.3. The van der Waals surface area contributed by atoms with Crippen molar-refractivity contribution < 1.29 is 14.4 Å². The maximum Gasteiger partial charge on any atom is 0.287 e. The Morgan fingerprint density at radius 2 is 2.00 bits per heavy atom. The van der Waals surface area contributed by atoms with Gasteiger partial charge in [0.05, 0.1) is 28.6 Å². The Balaban J connectivity index is 1.77. The highest BCUT2D eigenvalue weighted by Gasteiger charge is 2.20. The molecule has 196 valence electrons. The summed E-state index contributed by atoms with van der Waals surface area (Å²) in [6.07, 6.45) is 3.90. The smallest absolute Gasteiger partial charge is 0.287 e. The number of nitrogens with zero attached hydrogens (tertiary/aromatic N) is 5. The quantitative estimate of drug-likeness (QED) is 0.108. The first-order chi connectivity index (χ1) is 18.2. The molecule has 0 N–H and O–H groups in total. The second-order valence-electron chi connectivity index (χ2n) is 7.87. The molecule has 0 aliphatic rings. The molecule has 0 aliphatic heterocycles. The fourth-order valence-corrected chi connectivity index (χ4v) is 4.52. The Morgan fingerprint density at radius 1 is 1.21 bits per heavy atom. The third-order valence-corrected chi connectivity index (χ3v) is 7.19. The van der Waals surface area contributed by atoms with Crippen LogP contribution in [0.5, 0.6) is 17.4 Å². The monoisotopic (exact) mass is 663 g/mol. The van der Waals surface area contributed by atoms with Gasteiger partial charge < -0.3 is 9.47 Å². The van der Waals surface area contributed by atoms with Crippen molar-refractivity contribution in [3.63, 3.8) is 0 Å². The van der Waals surface area contributed by atoms with Gasteiger partial charge in [-0.2, -0.15) is 9.78 Å². The molecular weight excluding hydrogens is 646 g/mol. The van der Waals surface area contributed by atoms with Crippen LogP contribution in [0.1, 0.15) is 31.7 Å². The zero-order valence-electron chi connectivity index (χ0n) is 20.2. The van der Waals surface area contributed by atoms with Crippen LogP contribution in [0.2, 0.25) is 5.02 Å². The van der Waals surface area contributed by atoms with Gasteiger partial charge in [-0.15, -0.1) is 0 Å². The SMILES string of the molecule is CCCc1nc2ccc(Br)cc2c(=O)n1N=Cc1cc(OCC)c(Oc2ccc([N+](=O)[O-])cn2)c(Cl)c1Br. The minimum Gasteiger partial charge on any atom is -0.490 e. The molecule has 0 saturated heterocycles. The van der Waals surface area contributed by atoms with Crippen LogP contribution in [0.25, 0.3) is 10.9 Å². The molecule has 0 fully saturated rings. The molecule has 0 aliphatic carbocycles. The standard InChI is InChI=1S/C25H20Br2ClN5O5/c1-3-5-20-31-18-8-6-15(26)11-17(18)25(34)32(20)30-12-14-10-19(37-4-2)24(23(28)22(14)27)38-21-9-7-16(13-29-21)33(35)36/h6-13H,3-5H2,1-2H3. The molecule has 0 amide bonds. The Morgan fingerprint density at radius 3 is 2.66 bits per heavy atom. The van der Waals surface area contributed by atoms with Crippen LogP contribution in [-0.4, -0.2) is 32.4 Å². The Kier molecular flexibility index (Phi) is 8.75. The summed E-state index contributed by atoms with van der Waals surface area (Å²) in [5.74, 6) is 1.08. The van der Waals surface area contributed by atoms with Crippen LogP contribution in [0.3, 0.4) is 0 Å². The van der Waals surface area contributed by atoms with Crippen molar-refractivity contribution in [1.29, 1.82) is 0 Å². The lowest BCUT2D eigenvalue weighted by Gasteiger charge is -2.15. The van der Waals surface area contributed by atoms with Crippen molar-refractivity contribution in [3.05, 3.63) is 88.4 Å². The van der Waals surface area contributed by atoms with Gasteiger partial charge in [0.25, 0.3) is 11.2 Å². The average molecular weight is 666 g/mol. The first-order valence-electron chi connectivity index (χ1n) is 11.4. The van der Waals surface area contributed by atoms with Gasteiger partial charge in [0.2, 0.25) is 5.88 Å². The van der Waals surface area contributed by atoms with E-state index in [-0.39, 0.29) is 27.9 Å². The van der Waals surface area contributed by atoms with Crippen molar-refractivity contribution in [2.24, 2.45) is 5.10 Å². The Hall–Kier alpha value is -3.35. The summed E-state index contributed by atoms with van der Waals surface area (Å²) in [5, 5.41) is 16.0. The molecule has 4 aromatic rings. The predicted octanol–water partition coefficient (Wildman–Crippen LogP) is 6.90. The Bertz CT molecular complexity index is 1610. The maximum absolute atomic E-state index is 13.3. The van der Waals surface area contributed by atoms with E-state index in [1.165, 1.54) is 23.0 Å². The third-order valence-electron chi connectivity index (χ3n) is 5.26. The average Bonchev–Trinajstić information content (AvgIpc) is 2.89. The summed E-state index contributed by atoms with van der Waals surface area (Å²) in [6.45, 7) is 4.10. The second kappa shape index (κ2) is 12.0. The molecule has 2 aromatic heterocycles. The van der Waals surface area contributed by atoms with E-state index in [1.807, 2.05) is 13.0 Å². The summed E-state index contributed by atoms with van der Waals surface area (Å²) >= 11 is 13.5. The zero-order valence-corrected chi connectivity index (χ0v) is 24.1. The number of hydrogen-bond acceptors (Lipinski definition) is 8. The predicted molar refractivity (Wildman–Crippen MR) is 152 cm³/mol. The first-order valence-corrected chi connectivity index (χ1v) is 13.4. The molecule has 13 heteroatoms. The molecular formula is C25H20Br2ClN5O5. The van der Waals surface area contributed by atoms with Gasteiger partial charge in [0.15, 0.2) is 11.5 Å². The van der Waals surface area contributed by atoms with E-state index in [0.717, 1.165) is 17.1 Å². The molecule has 2 aromatic carbocycles. The van der Waals surface area contributed by atoms with E-state index < -0.39 is 4.92 Å². The number of fused-ring (bicyclic) bond motifs is 1. The van der Waals surface area contributed by atoms with Crippen LogP contribution < -0.4 is 15.0 Å². The third kappa shape index (κ3) is 5.87. The Labute approximate surface area is 238 Å². The van der Waals surface area contributed by atoms with Crippen LogP contribution in [0.4, 0.5) is 5.69 Å². The number of rotatable bonds is 9. The summed E-state index contributed by atoms with van der Waals surface area (Å²) in [7, 11) is 0. The lowest BCUT2D eigenvalue weighted by atomic mass is 10.2. The van der Waals surface area contributed by atoms with E-state index in [9.17, 15) is 14.9 Å². The highest BCUT2D eigenvalue weighted by molar-refractivity contribution is 9.10. The summed E-state index contributed by atoms with van der Waals surface area (Å²) in [5.41, 5.74) is 0.644. The van der Waals surface area contributed by atoms with Gasteiger partial charge in [-0.1, -0.05) is 34.5 Å². The van der Waals surface area contributed by atoms with Crippen LogP contribution >= 0.6 is 43.5 Å². The number of benzene rings is 2. The lowest BCUT2D eigenvalue weighted by Crippen LogP contribution is -2.22. The number of nitro groups is 1. The van der Waals surface area contributed by atoms with Crippen molar-refractivity contribution in [3.8, 4) is 17.4 Å². The number of aryl methyl sites for hydroxylation is 1. The molecule has 4 rings (SSSR count). The molecule has 0 atom stereocenters. The van der Waals surface area contributed by atoms with E-state index in [4.69, 9.17) is 21.1 Å². The summed E-state index contributed by atoms with van der Waals surface area (Å²) in [4.78, 5) is 32.3. The molecule has 2 heterocycles. The number of hydrogen-bond donors (Lipinski definition) is 0. The number of aromatic nitrogens is 3. The molecule has 38 heavy (non-hydrogen) atoms.